The van der Waals surface area contributed by atoms with Crippen molar-refractivity contribution in [2.45, 2.75) is 80.4 Å². The Morgan fingerprint density at radius 1 is 1.02 bits per heavy atom. The van der Waals surface area contributed by atoms with E-state index < -0.39 is 65.4 Å². The lowest BCUT2D eigenvalue weighted by Gasteiger charge is -2.61. The van der Waals surface area contributed by atoms with Crippen molar-refractivity contribution in [1.82, 2.24) is 4.90 Å². The van der Waals surface area contributed by atoms with Crippen LogP contribution in [0.2, 0.25) is 0 Å². The second-order valence-corrected chi connectivity index (χ2v) is 12.4. The van der Waals surface area contributed by atoms with E-state index in [1.165, 1.54) is 18.2 Å². The lowest BCUT2D eigenvalue weighted by Crippen LogP contribution is -2.74. The third kappa shape index (κ3) is 5.07. The molecule has 5 N–H and O–H groups in total. The number of aliphatic carboxylic acids is 1. The van der Waals surface area contributed by atoms with Crippen LogP contribution in [0.25, 0.3) is 0 Å². The van der Waals surface area contributed by atoms with Crippen LogP contribution in [0.4, 0.5) is 0 Å². The Kier molecular flexibility index (Phi) is 8.34. The van der Waals surface area contributed by atoms with Crippen molar-refractivity contribution in [2.24, 2.45) is 0 Å². The number of aliphatic hydroxyl groups excluding tert-OH is 3. The molecule has 0 saturated carbocycles. The zero-order valence-electron chi connectivity index (χ0n) is 25.6. The van der Waals surface area contributed by atoms with Gasteiger partial charge < -0.3 is 49.4 Å². The number of likely N-dealkylation sites (N-methyl/N-ethyl adjacent to an activating group) is 1. The molecule has 4 aliphatic rings. The van der Waals surface area contributed by atoms with Crippen molar-refractivity contribution in [3.05, 3.63) is 76.6 Å². The first-order chi connectivity index (χ1) is 22.3. The molecule has 2 aromatic carbocycles. The molecule has 0 amide bonds. The first-order valence-electron chi connectivity index (χ1n) is 15.2. The van der Waals surface area contributed by atoms with Gasteiger partial charge in [-0.15, -0.1) is 0 Å². The van der Waals surface area contributed by atoms with Crippen LogP contribution in [-0.2, 0) is 51.8 Å². The lowest BCUT2D eigenvalue weighted by atomic mass is 9.50. The number of esters is 3. The van der Waals surface area contributed by atoms with Crippen molar-refractivity contribution in [3.8, 4) is 5.75 Å². The lowest BCUT2D eigenvalue weighted by molar-refractivity contribution is -0.186. The van der Waals surface area contributed by atoms with Gasteiger partial charge in [-0.25, -0.2) is 19.2 Å². The number of aliphatic hydroxyl groups is 4. The predicted molar refractivity (Wildman–Crippen MR) is 157 cm³/mol. The van der Waals surface area contributed by atoms with E-state index in [9.17, 15) is 44.7 Å². The average molecular weight is 654 g/mol. The van der Waals surface area contributed by atoms with Gasteiger partial charge in [0.1, 0.15) is 11.5 Å². The Morgan fingerprint density at radius 3 is 2.40 bits per heavy atom. The number of carbonyl (C=O) groups is 4. The zero-order valence-corrected chi connectivity index (χ0v) is 25.6. The minimum Gasteiger partial charge on any atom is -0.481 e. The van der Waals surface area contributed by atoms with Crippen molar-refractivity contribution in [2.75, 3.05) is 13.6 Å². The van der Waals surface area contributed by atoms with E-state index in [-0.39, 0.29) is 30.4 Å². The maximum Gasteiger partial charge on any atom is 0.349 e. The van der Waals surface area contributed by atoms with Crippen molar-refractivity contribution in [3.63, 3.8) is 0 Å². The number of ether oxygens (including phenoxy) is 4. The molecule has 2 bridgehead atoms. The molecule has 1 spiro atoms. The van der Waals surface area contributed by atoms with Crippen molar-refractivity contribution in [1.29, 1.82) is 0 Å². The molecule has 6 rings (SSSR count). The highest BCUT2D eigenvalue weighted by Crippen LogP contribution is 2.64. The van der Waals surface area contributed by atoms with Crippen LogP contribution in [0.1, 0.15) is 48.1 Å². The monoisotopic (exact) mass is 653 g/mol. The number of carbonyl (C=O) groups excluding carboxylic acids is 3. The molecular formula is C33H35NO13. The molecule has 2 aliphatic carbocycles. The number of piperidine rings is 1. The highest BCUT2D eigenvalue weighted by molar-refractivity contribution is 5.88. The second kappa shape index (κ2) is 12.0. The molecule has 2 heterocycles. The van der Waals surface area contributed by atoms with Crippen LogP contribution in [0, 0.1) is 0 Å². The first kappa shape index (κ1) is 32.6. The summed E-state index contributed by atoms with van der Waals surface area (Å²) in [6.07, 6.45) is -6.82. The van der Waals surface area contributed by atoms with Crippen molar-refractivity contribution < 1.29 is 63.7 Å². The molecule has 2 aromatic rings. The van der Waals surface area contributed by atoms with Gasteiger partial charge in [0.25, 0.3) is 0 Å². The number of carboxylic acid groups (broad SMARTS) is 1. The summed E-state index contributed by atoms with van der Waals surface area (Å²) in [6, 6.07) is 11.0. The molecule has 1 saturated heterocycles. The molecule has 250 valence electrons. The predicted octanol–water partition coefficient (Wildman–Crippen LogP) is 0.0224. The van der Waals surface area contributed by atoms with E-state index in [1.807, 2.05) is 13.1 Å². The molecule has 14 nitrogen and oxygen atoms in total. The van der Waals surface area contributed by atoms with Crippen LogP contribution >= 0.6 is 0 Å². The number of likely N-dealkylation sites (tertiary alicyclic amines) is 1. The van der Waals surface area contributed by atoms with Crippen LogP contribution in [0.5, 0.6) is 5.75 Å². The fraction of sp³-hybridized carbons (Fsp3) is 0.455. The SMILES string of the molecule is C[C@H](OC(=O)[C@H](O)[C@@H](O)C(=O)OC1=CC[C@@]2(O)[C@H]3Cc4ccc(CO)c5c4[C@@]2(CCN3C)[C@H]1O5)C(=O)O[C@H](C(=O)O)c1ccccc1. The van der Waals surface area contributed by atoms with E-state index in [0.29, 0.717) is 30.7 Å². The molecule has 14 heteroatoms. The molecule has 8 atom stereocenters. The number of nitrogens with zero attached hydrogens (tertiary/aromatic N) is 1. The van der Waals surface area contributed by atoms with Gasteiger partial charge in [0, 0.05) is 29.2 Å². The van der Waals surface area contributed by atoms with Gasteiger partial charge in [-0.3, -0.25) is 0 Å². The van der Waals surface area contributed by atoms with E-state index in [0.717, 1.165) is 18.1 Å². The van der Waals surface area contributed by atoms with Gasteiger partial charge >= 0.3 is 23.9 Å². The van der Waals surface area contributed by atoms with Crippen LogP contribution in [-0.4, -0.2) is 104 Å². The van der Waals surface area contributed by atoms with E-state index in [4.69, 9.17) is 18.9 Å². The normalized spacial score (nSPS) is 28.0. The summed E-state index contributed by atoms with van der Waals surface area (Å²) in [4.78, 5) is 52.0. The smallest absolute Gasteiger partial charge is 0.349 e. The van der Waals surface area contributed by atoms with Crippen molar-refractivity contribution >= 4 is 23.9 Å². The number of benzene rings is 2. The summed E-state index contributed by atoms with van der Waals surface area (Å²) < 4.78 is 21.7. The Hall–Kier alpha value is -4.34. The fourth-order valence-electron chi connectivity index (χ4n) is 7.46. The summed E-state index contributed by atoms with van der Waals surface area (Å²) in [5.41, 5.74) is 0.0149. The Bertz CT molecular complexity index is 1640. The summed E-state index contributed by atoms with van der Waals surface area (Å²) in [7, 11) is 1.93. The number of rotatable bonds is 10. The van der Waals surface area contributed by atoms with Gasteiger partial charge in [0.05, 0.1) is 17.6 Å². The average Bonchev–Trinajstić information content (AvgIpc) is 3.41. The Morgan fingerprint density at radius 2 is 1.72 bits per heavy atom. The Balaban J connectivity index is 1.16. The minimum absolute atomic E-state index is 0.0342. The molecular weight excluding hydrogens is 618 g/mol. The summed E-state index contributed by atoms with van der Waals surface area (Å²) in [5, 5.41) is 52.8. The Labute approximate surface area is 268 Å². The van der Waals surface area contributed by atoms with Gasteiger partial charge in [-0.05, 0) is 45.0 Å². The minimum atomic E-state index is -2.49. The molecule has 0 radical (unpaired) electrons. The van der Waals surface area contributed by atoms with E-state index in [1.54, 1.807) is 24.3 Å². The summed E-state index contributed by atoms with van der Waals surface area (Å²) >= 11 is 0. The van der Waals surface area contributed by atoms with Crippen LogP contribution < -0.4 is 4.74 Å². The standard InChI is InChI=1S/C33H35NO13/c1-16(29(40)47-26(28(38)39)17-6-4-3-5-7-17)44-30(41)23(36)24(37)31(42)45-20-10-11-33(43)21-14-18-8-9-19(15-35)25-22(18)32(33,27(20)46-25)12-13-34(21)2/h3-10,16,21,23-24,26-27,35-37,43H,11-15H2,1-2H3,(H,38,39)/t16-,21+,23+,24+,26-,27-,32-,33+/m0/s1. The topological polar surface area (TPSA) is 210 Å². The molecule has 2 aliphatic heterocycles. The summed E-state index contributed by atoms with van der Waals surface area (Å²) in [6.45, 7) is 1.34. The maximum atomic E-state index is 13.1. The van der Waals surface area contributed by atoms with E-state index in [2.05, 4.69) is 4.90 Å². The zero-order chi connectivity index (χ0) is 33.8. The van der Waals surface area contributed by atoms with Gasteiger partial charge in [0.15, 0.2) is 24.4 Å². The fourth-order valence-corrected chi connectivity index (χ4v) is 7.46. The highest BCUT2D eigenvalue weighted by Gasteiger charge is 2.72. The van der Waals surface area contributed by atoms with E-state index >= 15 is 0 Å². The third-order valence-corrected chi connectivity index (χ3v) is 9.81. The molecule has 1 fully saturated rings. The summed E-state index contributed by atoms with van der Waals surface area (Å²) in [5.74, 6) is -5.34. The third-order valence-electron chi connectivity index (χ3n) is 9.81. The largest absolute Gasteiger partial charge is 0.481 e. The molecule has 47 heavy (non-hydrogen) atoms. The maximum absolute atomic E-state index is 13.1. The molecule has 0 unspecified atom stereocenters. The van der Waals surface area contributed by atoms with Gasteiger partial charge in [-0.2, -0.15) is 0 Å². The van der Waals surface area contributed by atoms with Crippen LogP contribution in [0.3, 0.4) is 0 Å². The highest BCUT2D eigenvalue weighted by atomic mass is 16.6. The number of carboxylic acids is 1. The van der Waals surface area contributed by atoms with Gasteiger partial charge in [-0.1, -0.05) is 42.5 Å². The first-order valence-corrected chi connectivity index (χ1v) is 15.2. The molecule has 0 aromatic heterocycles. The quantitative estimate of drug-likeness (QED) is 0.169. The van der Waals surface area contributed by atoms with Crippen LogP contribution in [0.15, 0.2) is 54.3 Å². The number of hydrogen-bond donors (Lipinski definition) is 5. The van der Waals surface area contributed by atoms with Gasteiger partial charge in [0.2, 0.25) is 6.10 Å². The number of hydrogen-bond acceptors (Lipinski definition) is 13. The second-order valence-electron chi connectivity index (χ2n) is 12.4.